The summed E-state index contributed by atoms with van der Waals surface area (Å²) in [5.74, 6) is -0.938. The van der Waals surface area contributed by atoms with Crippen molar-refractivity contribution in [3.8, 4) is 0 Å². The zero-order chi connectivity index (χ0) is 19.4. The molecule has 2 aromatic carbocycles. The van der Waals surface area contributed by atoms with Crippen molar-refractivity contribution >= 4 is 29.5 Å². The second-order valence-electron chi connectivity index (χ2n) is 5.09. The lowest BCUT2D eigenvalue weighted by Gasteiger charge is -2.02. The number of carbonyl (C=O) groups is 2. The van der Waals surface area contributed by atoms with Crippen molar-refractivity contribution in [3.63, 3.8) is 0 Å². The Labute approximate surface area is 155 Å². The predicted molar refractivity (Wildman–Crippen MR) is 99.2 cm³/mol. The third-order valence-electron chi connectivity index (χ3n) is 3.04. The summed E-state index contributed by atoms with van der Waals surface area (Å²) in [5.41, 5.74) is 7.66. The summed E-state index contributed by atoms with van der Waals surface area (Å²) in [7, 11) is 1.61. The van der Waals surface area contributed by atoms with Gasteiger partial charge < -0.3 is 5.32 Å². The van der Waals surface area contributed by atoms with Crippen LogP contribution < -0.4 is 16.2 Å². The first-order valence-corrected chi connectivity index (χ1v) is 8.09. The molecule has 0 bridgehead atoms. The van der Waals surface area contributed by atoms with E-state index < -0.39 is 0 Å². The van der Waals surface area contributed by atoms with Gasteiger partial charge in [0, 0.05) is 7.05 Å². The van der Waals surface area contributed by atoms with Crippen LogP contribution >= 0.6 is 12.2 Å². The summed E-state index contributed by atoms with van der Waals surface area (Å²) >= 11 is 4.45. The number of rotatable bonds is 6. The molecule has 0 aliphatic rings. The summed E-state index contributed by atoms with van der Waals surface area (Å²) < 4.78 is 24.9. The minimum absolute atomic E-state index is 0.144. The lowest BCUT2D eigenvalue weighted by Crippen LogP contribution is -2.35. The largest absolute Gasteiger partial charge is 0.323 e. The summed E-state index contributed by atoms with van der Waals surface area (Å²) in [6, 6.07) is 11.6. The van der Waals surface area contributed by atoms with E-state index in [1.54, 1.807) is 31.3 Å². The minimum Gasteiger partial charge on any atom is -0.323 e. The van der Waals surface area contributed by atoms with E-state index in [0.29, 0.717) is 0 Å². The second-order valence-corrected chi connectivity index (χ2v) is 5.33. The standard InChI is InChI=1S/C9H11FN2O.C9H8FNOS/c1-11-12-9(13)6-7-2-4-8(10)5-3-7;10-8-3-1-7(2-4-8)5-9(12)11-6-13/h2-5,11H,6H2,1H3,(H,12,13);1-4,6H,5H2,(H,11,12,13). The van der Waals surface area contributed by atoms with Crippen LogP contribution in [0.5, 0.6) is 0 Å². The molecule has 0 fully saturated rings. The molecule has 0 heterocycles. The highest BCUT2D eigenvalue weighted by Gasteiger charge is 2.01. The third kappa shape index (κ3) is 8.95. The maximum Gasteiger partial charge on any atom is 0.238 e. The molecule has 3 N–H and O–H groups in total. The average Bonchev–Trinajstić information content (AvgIpc) is 2.60. The Kier molecular flexibility index (Phi) is 9.66. The van der Waals surface area contributed by atoms with Crippen LogP contribution in [0, 0.1) is 11.6 Å². The van der Waals surface area contributed by atoms with Crippen LogP contribution in [0.3, 0.4) is 0 Å². The molecular weight excluding hydrogens is 360 g/mol. The molecule has 2 amide bonds. The monoisotopic (exact) mass is 379 g/mol. The summed E-state index contributed by atoms with van der Waals surface area (Å²) in [6.45, 7) is 0. The lowest BCUT2D eigenvalue weighted by atomic mass is 10.1. The first-order chi connectivity index (χ1) is 12.4. The van der Waals surface area contributed by atoms with E-state index in [2.05, 4.69) is 28.4 Å². The van der Waals surface area contributed by atoms with E-state index >= 15 is 0 Å². The first-order valence-electron chi connectivity index (χ1n) is 7.62. The zero-order valence-electron chi connectivity index (χ0n) is 14.1. The van der Waals surface area contributed by atoms with Gasteiger partial charge in [-0.2, -0.15) is 0 Å². The van der Waals surface area contributed by atoms with E-state index in [9.17, 15) is 18.4 Å². The number of halogens is 2. The molecule has 0 radical (unpaired) electrons. The molecule has 0 aromatic heterocycles. The van der Waals surface area contributed by atoms with Gasteiger partial charge >= 0.3 is 0 Å². The Morgan fingerprint density at radius 1 is 0.885 bits per heavy atom. The maximum atomic E-state index is 12.5. The SMILES string of the molecule is CNNC(=O)Cc1ccc(F)cc1.O=C(Cc1ccc(F)cc1)NC=S. The van der Waals surface area contributed by atoms with Gasteiger partial charge in [-0.3, -0.25) is 15.0 Å². The molecule has 0 aliphatic carbocycles. The maximum absolute atomic E-state index is 12.5. The van der Waals surface area contributed by atoms with Crippen molar-refractivity contribution in [2.24, 2.45) is 0 Å². The average molecular weight is 379 g/mol. The number of hydrogen-bond donors (Lipinski definition) is 3. The van der Waals surface area contributed by atoms with Crippen LogP contribution in [0.1, 0.15) is 11.1 Å². The Hall–Kier alpha value is -2.71. The normalized spacial score (nSPS) is 9.50. The molecule has 0 atom stereocenters. The smallest absolute Gasteiger partial charge is 0.238 e. The minimum atomic E-state index is -0.306. The van der Waals surface area contributed by atoms with Gasteiger partial charge in [-0.05, 0) is 35.4 Å². The first kappa shape index (κ1) is 21.3. The van der Waals surface area contributed by atoms with Gasteiger partial charge in [0.1, 0.15) is 11.6 Å². The zero-order valence-corrected chi connectivity index (χ0v) is 14.9. The van der Waals surface area contributed by atoms with Crippen molar-refractivity contribution in [2.45, 2.75) is 12.8 Å². The molecule has 2 aromatic rings. The Morgan fingerprint density at radius 2 is 1.31 bits per heavy atom. The molecular formula is C18H19F2N3O2S. The van der Waals surface area contributed by atoms with Crippen molar-refractivity contribution in [2.75, 3.05) is 7.05 Å². The van der Waals surface area contributed by atoms with Gasteiger partial charge in [0.2, 0.25) is 11.8 Å². The van der Waals surface area contributed by atoms with E-state index in [4.69, 9.17) is 0 Å². The number of benzene rings is 2. The summed E-state index contributed by atoms with van der Waals surface area (Å²) in [6.07, 6.45) is 0.467. The molecule has 0 saturated heterocycles. The lowest BCUT2D eigenvalue weighted by molar-refractivity contribution is -0.121. The van der Waals surface area contributed by atoms with Crippen LogP contribution in [0.15, 0.2) is 48.5 Å². The number of thiocarbonyl (C=S) groups is 1. The van der Waals surface area contributed by atoms with Crippen molar-refractivity contribution < 1.29 is 18.4 Å². The van der Waals surface area contributed by atoms with Crippen LogP contribution in [-0.4, -0.2) is 24.4 Å². The van der Waals surface area contributed by atoms with Crippen molar-refractivity contribution in [1.29, 1.82) is 0 Å². The van der Waals surface area contributed by atoms with Crippen LogP contribution in [-0.2, 0) is 22.4 Å². The molecule has 0 saturated carbocycles. The quantitative estimate of drug-likeness (QED) is 0.531. The number of hydrazine groups is 1. The van der Waals surface area contributed by atoms with Gasteiger partial charge in [0.15, 0.2) is 0 Å². The molecule has 0 spiro atoms. The Balaban J connectivity index is 0.000000260. The Bertz CT molecular complexity index is 722. The second kappa shape index (κ2) is 11.8. The number of amides is 2. The van der Waals surface area contributed by atoms with Gasteiger partial charge in [0.05, 0.1) is 18.3 Å². The summed E-state index contributed by atoms with van der Waals surface area (Å²) in [4.78, 5) is 22.0. The van der Waals surface area contributed by atoms with Crippen molar-refractivity contribution in [1.82, 2.24) is 16.2 Å². The highest BCUT2D eigenvalue weighted by molar-refractivity contribution is 7.78. The highest BCUT2D eigenvalue weighted by Crippen LogP contribution is 2.03. The number of hydrogen-bond acceptors (Lipinski definition) is 4. The molecule has 8 heteroatoms. The van der Waals surface area contributed by atoms with E-state index in [1.165, 1.54) is 24.3 Å². The van der Waals surface area contributed by atoms with E-state index in [1.807, 2.05) is 0 Å². The highest BCUT2D eigenvalue weighted by atomic mass is 32.1. The van der Waals surface area contributed by atoms with Gasteiger partial charge in [-0.1, -0.05) is 36.5 Å². The topological polar surface area (TPSA) is 70.2 Å². The van der Waals surface area contributed by atoms with Crippen LogP contribution in [0.25, 0.3) is 0 Å². The fraction of sp³-hybridized carbons (Fsp3) is 0.167. The van der Waals surface area contributed by atoms with E-state index in [-0.39, 0.29) is 36.3 Å². The molecule has 0 aliphatic heterocycles. The summed E-state index contributed by atoms with van der Waals surface area (Å²) in [5, 5.41) is 2.37. The predicted octanol–water partition coefficient (Wildman–Crippen LogP) is 2.06. The number of nitrogens with one attached hydrogen (secondary N) is 3. The molecule has 138 valence electrons. The van der Waals surface area contributed by atoms with Crippen LogP contribution in [0.2, 0.25) is 0 Å². The fourth-order valence-corrected chi connectivity index (χ4v) is 2.01. The van der Waals surface area contributed by atoms with Crippen LogP contribution in [0.4, 0.5) is 8.78 Å². The molecule has 5 nitrogen and oxygen atoms in total. The van der Waals surface area contributed by atoms with Crippen molar-refractivity contribution in [3.05, 3.63) is 71.3 Å². The molecule has 26 heavy (non-hydrogen) atoms. The van der Waals surface area contributed by atoms with E-state index in [0.717, 1.165) is 16.6 Å². The number of carbonyl (C=O) groups excluding carboxylic acids is 2. The molecule has 0 unspecified atom stereocenters. The molecule has 2 rings (SSSR count). The van der Waals surface area contributed by atoms with Gasteiger partial charge in [0.25, 0.3) is 0 Å². The third-order valence-corrected chi connectivity index (χ3v) is 3.16. The fourth-order valence-electron chi connectivity index (χ4n) is 1.88. The van der Waals surface area contributed by atoms with Gasteiger partial charge in [-0.25, -0.2) is 14.2 Å². The Morgan fingerprint density at radius 3 is 1.69 bits per heavy atom. The van der Waals surface area contributed by atoms with Gasteiger partial charge in [-0.15, -0.1) is 0 Å².